The summed E-state index contributed by atoms with van der Waals surface area (Å²) in [4.78, 5) is 13.3. The highest BCUT2D eigenvalue weighted by Gasteiger charge is 2.79. The third kappa shape index (κ3) is 4.51. The zero-order valence-electron chi connectivity index (χ0n) is 22.8. The molecule has 5 atom stereocenters. The predicted molar refractivity (Wildman–Crippen MR) is 149 cm³/mol. The van der Waals surface area contributed by atoms with Crippen molar-refractivity contribution >= 4 is 17.5 Å². The largest absolute Gasteiger partial charge is 0.456 e. The number of allylic oxidation sites excluding steroid dienone is 4. The Morgan fingerprint density at radius 2 is 1.66 bits per heavy atom. The van der Waals surface area contributed by atoms with E-state index >= 15 is 8.78 Å². The summed E-state index contributed by atoms with van der Waals surface area (Å²) in [7, 11) is 0. The summed E-state index contributed by atoms with van der Waals surface area (Å²) in [6, 6.07) is 17.9. The molecular weight excluding hydrogens is 555 g/mol. The Labute approximate surface area is 241 Å². The van der Waals surface area contributed by atoms with E-state index in [1.807, 2.05) is 42.5 Å². The summed E-state index contributed by atoms with van der Waals surface area (Å²) in [6.45, 7) is 1.46. The molecular formula is C33H33F5O2S. The second kappa shape index (κ2) is 10.1. The Hall–Kier alpha value is -2.45. The van der Waals surface area contributed by atoms with Gasteiger partial charge in [0.1, 0.15) is 5.60 Å². The molecule has 0 saturated heterocycles. The van der Waals surface area contributed by atoms with Crippen molar-refractivity contribution in [2.24, 2.45) is 17.3 Å². The third-order valence-corrected chi connectivity index (χ3v) is 11.4. The van der Waals surface area contributed by atoms with Gasteiger partial charge in [0, 0.05) is 28.4 Å². The molecule has 2 saturated carbocycles. The third-order valence-electron chi connectivity index (χ3n) is 10.3. The molecule has 8 heteroatoms. The first-order valence-electron chi connectivity index (χ1n) is 14.3. The van der Waals surface area contributed by atoms with Gasteiger partial charge in [-0.1, -0.05) is 55.0 Å². The first-order valence-corrected chi connectivity index (χ1v) is 15.2. The molecule has 0 aromatic heterocycles. The fraction of sp³-hybridized carbons (Fsp3) is 0.485. The van der Waals surface area contributed by atoms with Crippen LogP contribution in [0.2, 0.25) is 0 Å². The number of carbonyl (C=O) groups is 1. The molecule has 4 aliphatic rings. The number of halogens is 5. The lowest BCUT2D eigenvalue weighted by atomic mass is 9.50. The van der Waals surface area contributed by atoms with Crippen molar-refractivity contribution in [2.75, 3.05) is 0 Å². The number of rotatable bonds is 5. The normalized spacial score (nSPS) is 31.8. The molecule has 0 aliphatic heterocycles. The van der Waals surface area contributed by atoms with Crippen LogP contribution in [0.4, 0.5) is 22.0 Å². The van der Waals surface area contributed by atoms with E-state index in [1.54, 1.807) is 17.8 Å². The van der Waals surface area contributed by atoms with Gasteiger partial charge in [0.25, 0.3) is 0 Å². The van der Waals surface area contributed by atoms with Crippen LogP contribution in [0.1, 0.15) is 68.9 Å². The van der Waals surface area contributed by atoms with Gasteiger partial charge in [0.15, 0.2) is 5.78 Å². The Morgan fingerprint density at radius 3 is 2.34 bits per heavy atom. The number of carbonyl (C=O) groups excluding carboxylic acids is 1. The van der Waals surface area contributed by atoms with Gasteiger partial charge in [-0.05, 0) is 90.8 Å². The maximum Gasteiger partial charge on any atom is 0.456 e. The molecule has 4 aliphatic carbocycles. The van der Waals surface area contributed by atoms with E-state index in [2.05, 4.69) is 12.1 Å². The van der Waals surface area contributed by atoms with E-state index in [9.17, 15) is 23.1 Å². The maximum atomic E-state index is 15.1. The average Bonchev–Trinajstić information content (AvgIpc) is 3.23. The van der Waals surface area contributed by atoms with E-state index < -0.39 is 41.4 Å². The quantitative estimate of drug-likeness (QED) is 0.280. The second-order valence-corrected chi connectivity index (χ2v) is 13.4. The van der Waals surface area contributed by atoms with Gasteiger partial charge in [0.05, 0.1) is 0 Å². The first kappa shape index (κ1) is 28.7. The number of ketones is 1. The highest BCUT2D eigenvalue weighted by atomic mass is 32.2. The SMILES string of the molecule is C[C@]12C[C@@H](c3ccc(SCc4ccccc4)cc3)C3=C4CCC(=O)C=C4CC[C@H]3[C@@H]1CC[C@@]2(O)C(F)(F)C(F)(F)F. The van der Waals surface area contributed by atoms with E-state index in [0.29, 0.717) is 25.7 Å². The summed E-state index contributed by atoms with van der Waals surface area (Å²) in [6.07, 6.45) is -2.55. The molecule has 0 spiro atoms. The second-order valence-electron chi connectivity index (χ2n) is 12.3. The summed E-state index contributed by atoms with van der Waals surface area (Å²) < 4.78 is 71.5. The molecule has 0 radical (unpaired) electrons. The smallest absolute Gasteiger partial charge is 0.383 e. The molecule has 2 nitrogen and oxygen atoms in total. The van der Waals surface area contributed by atoms with Crippen LogP contribution in [-0.2, 0) is 10.5 Å². The maximum absolute atomic E-state index is 15.1. The van der Waals surface area contributed by atoms with Gasteiger partial charge >= 0.3 is 12.1 Å². The standard InChI is InChI=1S/C33H33F5O2S/c1-30-18-27(21-7-11-24(12-8-21)41-19-20-5-3-2-4-6-20)29-25-14-10-23(39)17-22(25)9-13-26(29)28(30)15-16-31(30,40)32(34,35)33(36,37)38/h2-8,11-12,17,26-28,40H,9-10,13-16,18-19H2,1H3/t26-,27-,28-,30-,31-/m0/s1. The fourth-order valence-electron chi connectivity index (χ4n) is 8.25. The molecule has 0 heterocycles. The van der Waals surface area contributed by atoms with Crippen molar-refractivity contribution < 1.29 is 31.9 Å². The lowest BCUT2D eigenvalue weighted by Crippen LogP contribution is -2.65. The van der Waals surface area contributed by atoms with Gasteiger partial charge in [-0.3, -0.25) is 4.79 Å². The average molecular weight is 589 g/mol. The van der Waals surface area contributed by atoms with Gasteiger partial charge in [-0.15, -0.1) is 11.8 Å². The Kier molecular flexibility index (Phi) is 7.04. The highest BCUT2D eigenvalue weighted by Crippen LogP contribution is 2.70. The summed E-state index contributed by atoms with van der Waals surface area (Å²) in [5.41, 5.74) is 0.338. The molecule has 0 bridgehead atoms. The zero-order valence-corrected chi connectivity index (χ0v) is 23.6. The Morgan fingerprint density at radius 1 is 0.951 bits per heavy atom. The molecule has 0 amide bonds. The highest BCUT2D eigenvalue weighted by molar-refractivity contribution is 7.98. The van der Waals surface area contributed by atoms with Crippen LogP contribution in [0, 0.1) is 17.3 Å². The van der Waals surface area contributed by atoms with E-state index in [1.165, 1.54) is 12.5 Å². The zero-order chi connectivity index (χ0) is 29.2. The van der Waals surface area contributed by atoms with Crippen LogP contribution in [0.3, 0.4) is 0 Å². The van der Waals surface area contributed by atoms with Crippen molar-refractivity contribution in [1.29, 1.82) is 0 Å². The molecule has 1 N–H and O–H groups in total. The van der Waals surface area contributed by atoms with Crippen LogP contribution >= 0.6 is 11.8 Å². The molecule has 41 heavy (non-hydrogen) atoms. The van der Waals surface area contributed by atoms with Crippen molar-refractivity contribution in [3.8, 4) is 0 Å². The number of hydrogen-bond donors (Lipinski definition) is 1. The number of aliphatic hydroxyl groups is 1. The number of alkyl halides is 5. The van der Waals surface area contributed by atoms with Crippen LogP contribution in [0.15, 0.2) is 82.3 Å². The summed E-state index contributed by atoms with van der Waals surface area (Å²) in [5.74, 6) is -5.52. The summed E-state index contributed by atoms with van der Waals surface area (Å²) in [5, 5.41) is 11.4. The van der Waals surface area contributed by atoms with Gasteiger partial charge in [-0.25, -0.2) is 0 Å². The van der Waals surface area contributed by atoms with Crippen molar-refractivity contribution in [3.63, 3.8) is 0 Å². The molecule has 218 valence electrons. The monoisotopic (exact) mass is 588 g/mol. The first-order chi connectivity index (χ1) is 19.4. The molecule has 2 aromatic rings. The van der Waals surface area contributed by atoms with E-state index in [0.717, 1.165) is 32.9 Å². The van der Waals surface area contributed by atoms with Crippen LogP contribution in [0.5, 0.6) is 0 Å². The topological polar surface area (TPSA) is 37.3 Å². The number of benzene rings is 2. The Balaban J connectivity index is 1.41. The minimum absolute atomic E-state index is 0.00704. The minimum atomic E-state index is -5.85. The van der Waals surface area contributed by atoms with Gasteiger partial charge < -0.3 is 5.11 Å². The molecule has 2 aromatic carbocycles. The lowest BCUT2D eigenvalue weighted by Gasteiger charge is -2.56. The van der Waals surface area contributed by atoms with Crippen molar-refractivity contribution in [2.45, 2.75) is 86.1 Å². The van der Waals surface area contributed by atoms with Gasteiger partial charge in [0.2, 0.25) is 0 Å². The van der Waals surface area contributed by atoms with Crippen LogP contribution in [0.25, 0.3) is 0 Å². The minimum Gasteiger partial charge on any atom is -0.383 e. The Bertz CT molecular complexity index is 1400. The van der Waals surface area contributed by atoms with Crippen LogP contribution in [-0.4, -0.2) is 28.6 Å². The number of thioether (sulfide) groups is 1. The molecule has 2 fully saturated rings. The number of fused-ring (bicyclic) bond motifs is 4. The lowest BCUT2D eigenvalue weighted by molar-refractivity contribution is -0.362. The molecule has 0 unspecified atom stereocenters. The van der Waals surface area contributed by atoms with E-state index in [4.69, 9.17) is 0 Å². The van der Waals surface area contributed by atoms with E-state index in [-0.39, 0.29) is 24.5 Å². The van der Waals surface area contributed by atoms with Crippen LogP contribution < -0.4 is 0 Å². The van der Waals surface area contributed by atoms with Gasteiger partial charge in [-0.2, -0.15) is 22.0 Å². The predicted octanol–water partition coefficient (Wildman–Crippen LogP) is 8.81. The van der Waals surface area contributed by atoms with Crippen molar-refractivity contribution in [3.05, 3.63) is 88.5 Å². The number of hydrogen-bond acceptors (Lipinski definition) is 3. The molecule has 6 rings (SSSR count). The van der Waals surface area contributed by atoms with Crippen molar-refractivity contribution in [1.82, 2.24) is 0 Å². The fourth-order valence-corrected chi connectivity index (χ4v) is 9.11. The summed E-state index contributed by atoms with van der Waals surface area (Å²) >= 11 is 1.67.